The molecule has 1 aromatic carbocycles. The van der Waals surface area contributed by atoms with Crippen molar-refractivity contribution in [1.29, 1.82) is 0 Å². The Bertz CT molecular complexity index is 622. The summed E-state index contributed by atoms with van der Waals surface area (Å²) >= 11 is 0. The molecule has 0 aromatic heterocycles. The van der Waals surface area contributed by atoms with Gasteiger partial charge in [-0.25, -0.2) is 4.39 Å². The lowest BCUT2D eigenvalue weighted by Crippen LogP contribution is -2.38. The molecule has 24 heavy (non-hydrogen) atoms. The third kappa shape index (κ3) is 4.02. The van der Waals surface area contributed by atoms with Crippen LogP contribution in [0.1, 0.15) is 24.8 Å². The van der Waals surface area contributed by atoms with Gasteiger partial charge in [-0.1, -0.05) is 29.8 Å². The molecule has 1 N–H and O–H groups in total. The number of rotatable bonds is 3. The van der Waals surface area contributed by atoms with Crippen LogP contribution in [-0.2, 0) is 4.79 Å². The first kappa shape index (κ1) is 17.1. The van der Waals surface area contributed by atoms with Crippen molar-refractivity contribution in [2.24, 2.45) is 5.92 Å². The molecule has 2 aliphatic rings. The van der Waals surface area contributed by atoms with Gasteiger partial charge in [0.25, 0.3) is 0 Å². The van der Waals surface area contributed by atoms with Gasteiger partial charge in [0.05, 0.1) is 6.10 Å². The monoisotopic (exact) mass is 332 g/mol. The van der Waals surface area contributed by atoms with Crippen molar-refractivity contribution >= 4 is 12.0 Å². The number of piperidine rings is 1. The highest BCUT2D eigenvalue weighted by atomic mass is 19.1. The summed E-state index contributed by atoms with van der Waals surface area (Å²) in [5, 5.41) is 9.98. The molecular weight excluding hydrogens is 307 g/mol. The molecule has 2 heterocycles. The van der Waals surface area contributed by atoms with Gasteiger partial charge in [-0.3, -0.25) is 4.79 Å². The number of aliphatic hydroxyl groups is 1. The summed E-state index contributed by atoms with van der Waals surface area (Å²) in [7, 11) is 1.97. The number of amides is 1. The van der Waals surface area contributed by atoms with Crippen LogP contribution in [0.25, 0.3) is 6.08 Å². The average Bonchev–Trinajstić information content (AvgIpc) is 2.88. The molecule has 1 amide bonds. The van der Waals surface area contributed by atoms with E-state index in [4.69, 9.17) is 0 Å². The van der Waals surface area contributed by atoms with E-state index in [0.717, 1.165) is 19.4 Å². The lowest BCUT2D eigenvalue weighted by Gasteiger charge is -2.30. The number of likely N-dealkylation sites (N-methyl/N-ethyl adjacent to an activating group) is 1. The van der Waals surface area contributed by atoms with Crippen molar-refractivity contribution in [2.45, 2.75) is 25.4 Å². The number of nitrogens with zero attached hydrogens (tertiary/aromatic N) is 2. The van der Waals surface area contributed by atoms with Crippen molar-refractivity contribution in [2.75, 3.05) is 33.2 Å². The zero-order valence-corrected chi connectivity index (χ0v) is 14.1. The van der Waals surface area contributed by atoms with E-state index in [2.05, 4.69) is 4.90 Å². The van der Waals surface area contributed by atoms with Crippen molar-refractivity contribution in [3.63, 3.8) is 0 Å². The second kappa shape index (κ2) is 7.45. The second-order valence-corrected chi connectivity index (χ2v) is 6.96. The van der Waals surface area contributed by atoms with Crippen LogP contribution in [0.15, 0.2) is 29.8 Å². The molecule has 3 rings (SSSR count). The Hall–Kier alpha value is -1.72. The van der Waals surface area contributed by atoms with Gasteiger partial charge in [-0.2, -0.15) is 0 Å². The first-order chi connectivity index (χ1) is 11.5. The summed E-state index contributed by atoms with van der Waals surface area (Å²) in [4.78, 5) is 16.4. The first-order valence-electron chi connectivity index (χ1n) is 8.61. The fourth-order valence-corrected chi connectivity index (χ4v) is 3.62. The molecule has 2 aliphatic heterocycles. The number of benzene rings is 1. The number of carbonyl (C=O) groups excluding carboxylic acids is 1. The molecule has 0 saturated carbocycles. The summed E-state index contributed by atoms with van der Waals surface area (Å²) in [6.45, 7) is 2.78. The SMILES string of the molecule is CN1C[C@@H](CC(=O)N2CCC(=Cc3ccccc3F)CC2)[C@H](O)C1. The second-order valence-electron chi connectivity index (χ2n) is 6.96. The molecule has 0 aliphatic carbocycles. The zero-order valence-electron chi connectivity index (χ0n) is 14.1. The fourth-order valence-electron chi connectivity index (χ4n) is 3.62. The highest BCUT2D eigenvalue weighted by Gasteiger charge is 2.32. The Labute approximate surface area is 142 Å². The van der Waals surface area contributed by atoms with E-state index < -0.39 is 6.10 Å². The third-order valence-corrected chi connectivity index (χ3v) is 5.05. The molecule has 0 bridgehead atoms. The van der Waals surface area contributed by atoms with Crippen LogP contribution < -0.4 is 0 Å². The van der Waals surface area contributed by atoms with Crippen molar-refractivity contribution in [3.8, 4) is 0 Å². The van der Waals surface area contributed by atoms with Gasteiger partial charge < -0.3 is 14.9 Å². The van der Waals surface area contributed by atoms with Crippen LogP contribution in [-0.4, -0.2) is 60.1 Å². The maximum Gasteiger partial charge on any atom is 0.223 e. The summed E-state index contributed by atoms with van der Waals surface area (Å²) in [6, 6.07) is 6.76. The number of carbonyl (C=O) groups is 1. The maximum absolute atomic E-state index is 13.7. The largest absolute Gasteiger partial charge is 0.391 e. The molecule has 0 radical (unpaired) electrons. The minimum absolute atomic E-state index is 0.0397. The van der Waals surface area contributed by atoms with Crippen LogP contribution in [0, 0.1) is 11.7 Å². The highest BCUT2D eigenvalue weighted by Crippen LogP contribution is 2.24. The van der Waals surface area contributed by atoms with Gasteiger partial charge in [0.2, 0.25) is 5.91 Å². The molecule has 2 saturated heterocycles. The lowest BCUT2D eigenvalue weighted by molar-refractivity contribution is -0.133. The molecule has 2 atom stereocenters. The Morgan fingerprint density at radius 3 is 2.62 bits per heavy atom. The molecule has 5 heteroatoms. The summed E-state index contributed by atoms with van der Waals surface area (Å²) < 4.78 is 13.7. The van der Waals surface area contributed by atoms with Gasteiger partial charge in [0.1, 0.15) is 5.82 Å². The number of aliphatic hydroxyl groups excluding tert-OH is 1. The predicted molar refractivity (Wildman–Crippen MR) is 91.8 cm³/mol. The molecule has 2 fully saturated rings. The number of β-amino-alcohol motifs (C(OH)–C–C–N with tert-alkyl or cyclic N) is 1. The summed E-state index contributed by atoms with van der Waals surface area (Å²) in [6.07, 6.45) is 3.49. The first-order valence-corrected chi connectivity index (χ1v) is 8.61. The molecule has 0 spiro atoms. The normalized spacial score (nSPS) is 25.1. The standard InChI is InChI=1S/C19H25FN2O2/c1-21-12-16(18(23)13-21)11-19(24)22-8-6-14(7-9-22)10-15-4-2-3-5-17(15)20/h2-5,10,16,18,23H,6-9,11-13H2,1H3/t16-,18-/m1/s1. The van der Waals surface area contributed by atoms with E-state index in [1.807, 2.05) is 24.1 Å². The summed E-state index contributed by atoms with van der Waals surface area (Å²) in [5.74, 6) is -0.0417. The van der Waals surface area contributed by atoms with Crippen LogP contribution in [0.5, 0.6) is 0 Å². The van der Waals surface area contributed by atoms with Crippen molar-refractivity contribution < 1.29 is 14.3 Å². The summed E-state index contributed by atoms with van der Waals surface area (Å²) in [5.41, 5.74) is 1.80. The average molecular weight is 332 g/mol. The van der Waals surface area contributed by atoms with Crippen LogP contribution >= 0.6 is 0 Å². The zero-order chi connectivity index (χ0) is 17.1. The van der Waals surface area contributed by atoms with Gasteiger partial charge in [-0.05, 0) is 26.0 Å². The Balaban J connectivity index is 1.53. The highest BCUT2D eigenvalue weighted by molar-refractivity contribution is 5.77. The number of hydrogen-bond acceptors (Lipinski definition) is 3. The van der Waals surface area contributed by atoms with Crippen LogP contribution in [0.4, 0.5) is 4.39 Å². The van der Waals surface area contributed by atoms with Gasteiger partial charge in [0.15, 0.2) is 0 Å². The van der Waals surface area contributed by atoms with E-state index in [9.17, 15) is 14.3 Å². The molecule has 130 valence electrons. The van der Waals surface area contributed by atoms with Gasteiger partial charge >= 0.3 is 0 Å². The van der Waals surface area contributed by atoms with Crippen LogP contribution in [0.2, 0.25) is 0 Å². The van der Waals surface area contributed by atoms with Gasteiger partial charge in [-0.15, -0.1) is 0 Å². The number of hydrogen-bond donors (Lipinski definition) is 1. The van der Waals surface area contributed by atoms with Crippen molar-refractivity contribution in [3.05, 3.63) is 41.2 Å². The van der Waals surface area contributed by atoms with E-state index in [1.165, 1.54) is 11.6 Å². The van der Waals surface area contributed by atoms with E-state index in [1.54, 1.807) is 12.1 Å². The van der Waals surface area contributed by atoms with Crippen LogP contribution in [0.3, 0.4) is 0 Å². The Kier molecular flexibility index (Phi) is 5.31. The topological polar surface area (TPSA) is 43.8 Å². The number of likely N-dealkylation sites (tertiary alicyclic amines) is 2. The molecular formula is C19H25FN2O2. The van der Waals surface area contributed by atoms with Crippen molar-refractivity contribution in [1.82, 2.24) is 9.80 Å². The minimum Gasteiger partial charge on any atom is -0.391 e. The molecule has 1 aromatic rings. The molecule has 0 unspecified atom stereocenters. The minimum atomic E-state index is -0.403. The van der Waals surface area contributed by atoms with Gasteiger partial charge in [0, 0.05) is 44.1 Å². The Morgan fingerprint density at radius 2 is 2.00 bits per heavy atom. The molecule has 4 nitrogen and oxygen atoms in total. The lowest BCUT2D eigenvalue weighted by atomic mass is 9.98. The number of halogens is 1. The quantitative estimate of drug-likeness (QED) is 0.922. The Morgan fingerprint density at radius 1 is 1.29 bits per heavy atom. The van der Waals surface area contributed by atoms with E-state index >= 15 is 0 Å². The smallest absolute Gasteiger partial charge is 0.223 e. The third-order valence-electron chi connectivity index (χ3n) is 5.05. The van der Waals surface area contributed by atoms with E-state index in [0.29, 0.717) is 31.6 Å². The predicted octanol–water partition coefficient (Wildman–Crippen LogP) is 2.14. The maximum atomic E-state index is 13.7. The van der Waals surface area contributed by atoms with E-state index in [-0.39, 0.29) is 17.6 Å². The fraction of sp³-hybridized carbons (Fsp3) is 0.526.